The van der Waals surface area contributed by atoms with Crippen molar-refractivity contribution < 1.29 is 33.5 Å². The van der Waals surface area contributed by atoms with Gasteiger partial charge in [0.1, 0.15) is 0 Å². The molecule has 11 heteroatoms. The normalized spacial score (nSPS) is 19.5. The average molecular weight is 763 g/mol. The van der Waals surface area contributed by atoms with Crippen LogP contribution in [0, 0.1) is 11.8 Å². The molecule has 54 heavy (non-hydrogen) atoms. The first-order valence-corrected chi connectivity index (χ1v) is 20.4. The standard InChI is InChI=1S/C43H42N2O7S2/c1-6-50-41(47)37-36(30-21-54-32-15-11-9-13-28(30)32)38(42(48)51-7-2)40(26-18-19-26)45(39(37)25-16-17-25)52-43(49)34-23(4)44-22(3)33(24(5)46)35(34)29-20-53-31-14-10-8-12-27(29)31/h8-15,20-21,25-26,35-36,44H,6-7,16-19H2,1-5H3. The summed E-state index contributed by atoms with van der Waals surface area (Å²) in [5, 5.41) is 10.7. The fraction of sp³-hybridized carbons (Fsp3) is 0.349. The van der Waals surface area contributed by atoms with Crippen molar-refractivity contribution in [1.82, 2.24) is 10.4 Å². The Kier molecular flexibility index (Phi) is 9.56. The van der Waals surface area contributed by atoms with E-state index < -0.39 is 29.7 Å². The van der Waals surface area contributed by atoms with Crippen molar-refractivity contribution in [3.8, 4) is 0 Å². The van der Waals surface area contributed by atoms with Gasteiger partial charge in [0.05, 0.1) is 47.2 Å². The number of rotatable bonds is 11. The zero-order chi connectivity index (χ0) is 37.8. The molecular formula is C43H42N2O7S2. The first-order valence-electron chi connectivity index (χ1n) is 18.6. The molecule has 1 unspecified atom stereocenters. The number of carbonyl (C=O) groups excluding carboxylic acids is 4. The van der Waals surface area contributed by atoms with Gasteiger partial charge in [-0.15, -0.1) is 22.7 Å². The molecule has 0 saturated heterocycles. The van der Waals surface area contributed by atoms with Gasteiger partial charge in [0.15, 0.2) is 5.78 Å². The van der Waals surface area contributed by atoms with Crippen molar-refractivity contribution >= 4 is 66.5 Å². The summed E-state index contributed by atoms with van der Waals surface area (Å²) in [6.07, 6.45) is 3.11. The van der Waals surface area contributed by atoms with Crippen LogP contribution in [0.5, 0.6) is 0 Å². The van der Waals surface area contributed by atoms with Gasteiger partial charge in [-0.25, -0.2) is 14.4 Å². The summed E-state index contributed by atoms with van der Waals surface area (Å²) in [6.45, 7) is 8.94. The number of hydrogen-bond acceptors (Lipinski definition) is 11. The number of ketones is 1. The fourth-order valence-corrected chi connectivity index (χ4v) is 10.1. The summed E-state index contributed by atoms with van der Waals surface area (Å²) < 4.78 is 13.6. The van der Waals surface area contributed by atoms with E-state index in [1.165, 1.54) is 12.0 Å². The number of carbonyl (C=O) groups is 4. The Morgan fingerprint density at radius 2 is 1.11 bits per heavy atom. The van der Waals surface area contributed by atoms with Gasteiger partial charge in [-0.05, 0) is 105 Å². The third-order valence-corrected chi connectivity index (χ3v) is 12.6. The van der Waals surface area contributed by atoms with E-state index in [9.17, 15) is 14.4 Å². The number of nitrogens with one attached hydrogen (secondary N) is 1. The number of hydroxylamine groups is 2. The molecule has 4 aliphatic rings. The fourth-order valence-electron chi connectivity index (χ4n) is 8.16. The molecule has 2 aromatic heterocycles. The minimum atomic E-state index is -0.794. The lowest BCUT2D eigenvalue weighted by molar-refractivity contribution is -0.173. The topological polar surface area (TPSA) is 111 Å². The van der Waals surface area contributed by atoms with Crippen molar-refractivity contribution in [2.24, 2.45) is 11.8 Å². The molecule has 0 spiro atoms. The van der Waals surface area contributed by atoms with E-state index in [0.29, 0.717) is 33.9 Å². The quantitative estimate of drug-likeness (QED) is 0.150. The maximum atomic E-state index is 15.1. The molecule has 1 atom stereocenters. The summed E-state index contributed by atoms with van der Waals surface area (Å²) in [4.78, 5) is 63.9. The second kappa shape index (κ2) is 14.3. The van der Waals surface area contributed by atoms with Crippen LogP contribution in [0.15, 0.2) is 104 Å². The number of nitrogens with zero attached hydrogens (tertiary/aromatic N) is 1. The maximum Gasteiger partial charge on any atom is 0.362 e. The summed E-state index contributed by atoms with van der Waals surface area (Å²) in [7, 11) is 0. The molecule has 2 aliphatic carbocycles. The van der Waals surface area contributed by atoms with Gasteiger partial charge >= 0.3 is 17.9 Å². The zero-order valence-electron chi connectivity index (χ0n) is 30.9. The number of benzene rings is 2. The lowest BCUT2D eigenvalue weighted by Crippen LogP contribution is -2.41. The highest BCUT2D eigenvalue weighted by molar-refractivity contribution is 7.17. The monoisotopic (exact) mass is 762 g/mol. The zero-order valence-corrected chi connectivity index (χ0v) is 32.6. The number of ether oxygens (including phenoxy) is 2. The number of dihydropyridines is 1. The molecule has 0 amide bonds. The molecule has 2 fully saturated rings. The summed E-state index contributed by atoms with van der Waals surface area (Å²) in [5.41, 5.74) is 5.34. The molecule has 4 heterocycles. The van der Waals surface area contributed by atoms with Crippen molar-refractivity contribution in [2.75, 3.05) is 13.2 Å². The summed E-state index contributed by atoms with van der Waals surface area (Å²) >= 11 is 3.11. The molecule has 0 radical (unpaired) electrons. The van der Waals surface area contributed by atoms with E-state index in [0.717, 1.165) is 57.0 Å². The first-order chi connectivity index (χ1) is 26.1. The van der Waals surface area contributed by atoms with Crippen LogP contribution in [-0.2, 0) is 33.5 Å². The third-order valence-electron chi connectivity index (χ3n) is 10.7. The Hall–Kier alpha value is -5.00. The molecule has 278 valence electrons. The highest BCUT2D eigenvalue weighted by atomic mass is 32.1. The average Bonchev–Trinajstić information content (AvgIpc) is 4.08. The van der Waals surface area contributed by atoms with Crippen LogP contribution in [0.1, 0.15) is 83.3 Å². The van der Waals surface area contributed by atoms with E-state index in [-0.39, 0.29) is 42.0 Å². The number of fused-ring (bicyclic) bond motifs is 2. The first kappa shape index (κ1) is 36.0. The highest BCUT2D eigenvalue weighted by Crippen LogP contribution is 2.56. The van der Waals surface area contributed by atoms with Gasteiger partial charge in [0.2, 0.25) is 0 Å². The van der Waals surface area contributed by atoms with E-state index in [4.69, 9.17) is 14.3 Å². The second-order valence-corrected chi connectivity index (χ2v) is 16.1. The summed E-state index contributed by atoms with van der Waals surface area (Å²) in [6, 6.07) is 15.9. The molecule has 9 nitrogen and oxygen atoms in total. The van der Waals surface area contributed by atoms with E-state index in [1.807, 2.05) is 73.1 Å². The van der Waals surface area contributed by atoms with Gasteiger partial charge in [-0.1, -0.05) is 36.4 Å². The minimum absolute atomic E-state index is 0.104. The molecule has 4 aromatic rings. The number of allylic oxidation sites excluding steroid dienone is 5. The van der Waals surface area contributed by atoms with Gasteiger partial charge in [-0.2, -0.15) is 5.06 Å². The van der Waals surface area contributed by atoms with Crippen molar-refractivity contribution in [3.63, 3.8) is 0 Å². The molecule has 2 aliphatic heterocycles. The number of hydrogen-bond donors (Lipinski definition) is 1. The van der Waals surface area contributed by atoms with E-state index in [1.54, 1.807) is 36.5 Å². The van der Waals surface area contributed by atoms with Crippen molar-refractivity contribution in [3.05, 3.63) is 115 Å². The van der Waals surface area contributed by atoms with Crippen LogP contribution in [0.2, 0.25) is 0 Å². The Balaban J connectivity index is 1.33. The lowest BCUT2D eigenvalue weighted by Gasteiger charge is -2.39. The SMILES string of the molecule is CCOC(=O)C1=C(C2CC2)N(OC(=O)C2=C(C)NC(C)=C(C(C)=O)C2c2csc3ccccc23)C(C2CC2)=C(C(=O)OCC)C1c1csc2ccccc12. The van der Waals surface area contributed by atoms with Crippen LogP contribution in [0.3, 0.4) is 0 Å². The predicted molar refractivity (Wildman–Crippen MR) is 209 cm³/mol. The number of thiophene rings is 2. The lowest BCUT2D eigenvalue weighted by atomic mass is 9.78. The van der Waals surface area contributed by atoms with E-state index >= 15 is 4.79 Å². The smallest absolute Gasteiger partial charge is 0.362 e. The predicted octanol–water partition coefficient (Wildman–Crippen LogP) is 8.95. The Labute approximate surface area is 321 Å². The summed E-state index contributed by atoms with van der Waals surface area (Å²) in [5.74, 6) is -3.67. The molecule has 2 aromatic carbocycles. The molecule has 0 bridgehead atoms. The highest BCUT2D eigenvalue weighted by Gasteiger charge is 2.52. The van der Waals surface area contributed by atoms with Crippen LogP contribution in [-0.4, -0.2) is 42.0 Å². The van der Waals surface area contributed by atoms with Gasteiger partial charge < -0.3 is 19.6 Å². The van der Waals surface area contributed by atoms with Crippen molar-refractivity contribution in [2.45, 2.75) is 72.1 Å². The van der Waals surface area contributed by atoms with Crippen LogP contribution >= 0.6 is 22.7 Å². The largest absolute Gasteiger partial charge is 0.463 e. The van der Waals surface area contributed by atoms with Gasteiger partial charge in [-0.3, -0.25) is 4.79 Å². The van der Waals surface area contributed by atoms with Gasteiger partial charge in [0.25, 0.3) is 0 Å². The molecular weight excluding hydrogens is 721 g/mol. The second-order valence-electron chi connectivity index (χ2n) is 14.3. The van der Waals surface area contributed by atoms with Gasteiger partial charge in [0, 0.05) is 44.1 Å². The number of Topliss-reactive ketones (excluding diaryl/α,β-unsaturated/α-hetero) is 1. The van der Waals surface area contributed by atoms with Crippen LogP contribution in [0.4, 0.5) is 0 Å². The Bertz CT molecular complexity index is 2320. The van der Waals surface area contributed by atoms with Crippen molar-refractivity contribution in [1.29, 1.82) is 0 Å². The van der Waals surface area contributed by atoms with Crippen LogP contribution in [0.25, 0.3) is 20.2 Å². The molecule has 8 rings (SSSR count). The number of esters is 2. The minimum Gasteiger partial charge on any atom is -0.463 e. The van der Waals surface area contributed by atoms with E-state index in [2.05, 4.69) is 5.32 Å². The Morgan fingerprint density at radius 1 is 0.667 bits per heavy atom. The Morgan fingerprint density at radius 3 is 1.56 bits per heavy atom. The third kappa shape index (κ3) is 6.17. The molecule has 1 N–H and O–H groups in total. The van der Waals surface area contributed by atoms with Crippen LogP contribution < -0.4 is 5.32 Å². The maximum absolute atomic E-state index is 15.1. The molecule has 2 saturated carbocycles.